The SMILES string of the molecule is COc1cccc([C@@H]2N=C(Nc3cccc(C)c3)Nc3nc(C)cc(=O)n32)c1. The molecule has 0 amide bonds. The molecule has 7 heteroatoms. The van der Waals surface area contributed by atoms with Crippen LogP contribution in [0.2, 0.25) is 0 Å². The Morgan fingerprint density at radius 3 is 2.71 bits per heavy atom. The van der Waals surface area contributed by atoms with E-state index in [0.29, 0.717) is 23.4 Å². The second-order valence-corrected chi connectivity index (χ2v) is 6.68. The van der Waals surface area contributed by atoms with Crippen LogP contribution in [0.4, 0.5) is 11.6 Å². The Labute approximate surface area is 162 Å². The summed E-state index contributed by atoms with van der Waals surface area (Å²) in [6.07, 6.45) is -0.556. The van der Waals surface area contributed by atoms with Crippen molar-refractivity contribution in [2.24, 2.45) is 4.99 Å². The van der Waals surface area contributed by atoms with Crippen LogP contribution in [-0.2, 0) is 0 Å². The highest BCUT2D eigenvalue weighted by Gasteiger charge is 2.25. The summed E-state index contributed by atoms with van der Waals surface area (Å²) < 4.78 is 6.88. The molecule has 1 aliphatic heterocycles. The summed E-state index contributed by atoms with van der Waals surface area (Å²) in [5, 5.41) is 6.42. The number of benzene rings is 2. The summed E-state index contributed by atoms with van der Waals surface area (Å²) in [6.45, 7) is 3.82. The summed E-state index contributed by atoms with van der Waals surface area (Å²) in [7, 11) is 1.61. The summed E-state index contributed by atoms with van der Waals surface area (Å²) in [5.74, 6) is 1.67. The van der Waals surface area contributed by atoms with Crippen molar-refractivity contribution in [3.63, 3.8) is 0 Å². The van der Waals surface area contributed by atoms with Gasteiger partial charge in [0.2, 0.25) is 11.9 Å². The van der Waals surface area contributed by atoms with Gasteiger partial charge in [0.05, 0.1) is 7.11 Å². The zero-order valence-corrected chi connectivity index (χ0v) is 15.9. The Balaban J connectivity index is 1.81. The van der Waals surface area contributed by atoms with Gasteiger partial charge in [0, 0.05) is 23.0 Å². The molecule has 3 aromatic rings. The average Bonchev–Trinajstić information content (AvgIpc) is 2.67. The maximum absolute atomic E-state index is 12.7. The minimum absolute atomic E-state index is 0.166. The highest BCUT2D eigenvalue weighted by molar-refractivity contribution is 6.03. The summed E-state index contributed by atoms with van der Waals surface area (Å²) in [6, 6.07) is 17.0. The van der Waals surface area contributed by atoms with Crippen LogP contribution >= 0.6 is 0 Å². The van der Waals surface area contributed by atoms with E-state index in [-0.39, 0.29) is 5.56 Å². The first kappa shape index (κ1) is 17.8. The lowest BCUT2D eigenvalue weighted by molar-refractivity contribution is 0.413. The number of aryl methyl sites for hydroxylation is 2. The molecule has 0 unspecified atom stereocenters. The fourth-order valence-corrected chi connectivity index (χ4v) is 3.20. The molecule has 0 radical (unpaired) electrons. The Kier molecular flexibility index (Phi) is 4.57. The summed E-state index contributed by atoms with van der Waals surface area (Å²) in [4.78, 5) is 21.9. The number of hydrogen-bond donors (Lipinski definition) is 2. The van der Waals surface area contributed by atoms with Crippen LogP contribution in [0, 0.1) is 13.8 Å². The molecule has 2 N–H and O–H groups in total. The van der Waals surface area contributed by atoms with Crippen LogP contribution in [0.15, 0.2) is 64.4 Å². The molecule has 0 saturated carbocycles. The number of fused-ring (bicyclic) bond motifs is 1. The van der Waals surface area contributed by atoms with Crippen molar-refractivity contribution >= 4 is 17.6 Å². The van der Waals surface area contributed by atoms with Crippen molar-refractivity contribution in [2.75, 3.05) is 17.7 Å². The van der Waals surface area contributed by atoms with Gasteiger partial charge in [-0.15, -0.1) is 0 Å². The molecule has 1 atom stereocenters. The van der Waals surface area contributed by atoms with E-state index in [9.17, 15) is 4.79 Å². The molecule has 4 rings (SSSR count). The van der Waals surface area contributed by atoms with Crippen molar-refractivity contribution < 1.29 is 4.74 Å². The Hall–Kier alpha value is -3.61. The largest absolute Gasteiger partial charge is 0.497 e. The van der Waals surface area contributed by atoms with Crippen LogP contribution in [0.3, 0.4) is 0 Å². The first-order valence-electron chi connectivity index (χ1n) is 8.96. The lowest BCUT2D eigenvalue weighted by Gasteiger charge is -2.27. The third-order valence-electron chi connectivity index (χ3n) is 4.48. The van der Waals surface area contributed by atoms with Crippen molar-refractivity contribution in [2.45, 2.75) is 20.0 Å². The number of aromatic nitrogens is 2. The molecule has 1 aromatic heterocycles. The van der Waals surface area contributed by atoms with Crippen LogP contribution in [0.25, 0.3) is 0 Å². The zero-order valence-electron chi connectivity index (χ0n) is 15.9. The standard InChI is InChI=1S/C21H21N5O2/c1-13-6-4-8-16(10-13)23-20-24-19(15-7-5-9-17(12-15)28-3)26-18(27)11-14(2)22-21(26)25-20/h4-12,19H,1-3H3,(H2,22,23,24,25)/t19-/m1/s1. The summed E-state index contributed by atoms with van der Waals surface area (Å²) in [5.41, 5.74) is 3.35. The molecule has 0 aliphatic carbocycles. The van der Waals surface area contributed by atoms with E-state index < -0.39 is 6.17 Å². The number of rotatable bonds is 3. The molecule has 0 fully saturated rings. The van der Waals surface area contributed by atoms with Gasteiger partial charge < -0.3 is 10.1 Å². The smallest absolute Gasteiger partial charge is 0.257 e. The minimum Gasteiger partial charge on any atom is -0.497 e. The van der Waals surface area contributed by atoms with Crippen LogP contribution in [0.1, 0.15) is 23.0 Å². The Morgan fingerprint density at radius 2 is 1.93 bits per heavy atom. The van der Waals surface area contributed by atoms with E-state index in [2.05, 4.69) is 15.6 Å². The number of guanidine groups is 1. The number of methoxy groups -OCH3 is 1. The minimum atomic E-state index is -0.556. The van der Waals surface area contributed by atoms with E-state index in [1.165, 1.54) is 6.07 Å². The molecular formula is C21H21N5O2. The predicted octanol–water partition coefficient (Wildman–Crippen LogP) is 3.31. The monoisotopic (exact) mass is 375 g/mol. The maximum Gasteiger partial charge on any atom is 0.257 e. The normalized spacial score (nSPS) is 15.2. The second kappa shape index (κ2) is 7.19. The molecule has 28 heavy (non-hydrogen) atoms. The van der Waals surface area contributed by atoms with E-state index in [4.69, 9.17) is 9.73 Å². The number of nitrogens with zero attached hydrogens (tertiary/aromatic N) is 3. The van der Waals surface area contributed by atoms with Crippen molar-refractivity contribution in [3.05, 3.63) is 81.8 Å². The fraction of sp³-hybridized carbons (Fsp3) is 0.190. The molecule has 7 nitrogen and oxygen atoms in total. The van der Waals surface area contributed by atoms with Gasteiger partial charge in [0.25, 0.3) is 5.56 Å². The van der Waals surface area contributed by atoms with Crippen molar-refractivity contribution in [1.29, 1.82) is 0 Å². The molecule has 142 valence electrons. The van der Waals surface area contributed by atoms with E-state index in [1.54, 1.807) is 18.6 Å². The van der Waals surface area contributed by atoms with Gasteiger partial charge in [-0.25, -0.2) is 9.98 Å². The Bertz CT molecular complexity index is 1120. The molecule has 2 aromatic carbocycles. The number of nitrogens with one attached hydrogen (secondary N) is 2. The first-order valence-corrected chi connectivity index (χ1v) is 8.96. The van der Waals surface area contributed by atoms with Crippen LogP contribution in [-0.4, -0.2) is 22.6 Å². The molecule has 1 aliphatic rings. The summed E-state index contributed by atoms with van der Waals surface area (Å²) >= 11 is 0. The number of hydrogen-bond acceptors (Lipinski definition) is 6. The number of aliphatic imine (C=N–C) groups is 1. The highest BCUT2D eigenvalue weighted by Crippen LogP contribution is 2.28. The van der Waals surface area contributed by atoms with Crippen molar-refractivity contribution in [1.82, 2.24) is 9.55 Å². The number of ether oxygens (including phenoxy) is 1. The average molecular weight is 375 g/mol. The van der Waals surface area contributed by atoms with E-state index in [0.717, 1.165) is 16.8 Å². The van der Waals surface area contributed by atoms with Gasteiger partial charge in [0.15, 0.2) is 6.17 Å². The van der Waals surface area contributed by atoms with Crippen LogP contribution in [0.5, 0.6) is 5.75 Å². The fourth-order valence-electron chi connectivity index (χ4n) is 3.20. The lowest BCUT2D eigenvalue weighted by Crippen LogP contribution is -2.37. The molecule has 2 heterocycles. The van der Waals surface area contributed by atoms with Crippen LogP contribution < -0.4 is 20.9 Å². The van der Waals surface area contributed by atoms with Crippen molar-refractivity contribution in [3.8, 4) is 5.75 Å². The van der Waals surface area contributed by atoms with Gasteiger partial charge in [-0.3, -0.25) is 14.7 Å². The van der Waals surface area contributed by atoms with Gasteiger partial charge in [-0.2, -0.15) is 0 Å². The third kappa shape index (κ3) is 3.46. The number of anilines is 2. The predicted molar refractivity (Wildman–Crippen MR) is 110 cm³/mol. The third-order valence-corrected chi connectivity index (χ3v) is 4.48. The van der Waals surface area contributed by atoms with E-state index >= 15 is 0 Å². The second-order valence-electron chi connectivity index (χ2n) is 6.68. The molecule has 0 bridgehead atoms. The highest BCUT2D eigenvalue weighted by atomic mass is 16.5. The van der Waals surface area contributed by atoms with E-state index in [1.807, 2.05) is 55.5 Å². The molecule has 0 saturated heterocycles. The van der Waals surface area contributed by atoms with Gasteiger partial charge >= 0.3 is 0 Å². The quantitative estimate of drug-likeness (QED) is 0.734. The van der Waals surface area contributed by atoms with Gasteiger partial charge in [-0.1, -0.05) is 24.3 Å². The maximum atomic E-state index is 12.7. The van der Waals surface area contributed by atoms with Gasteiger partial charge in [0.1, 0.15) is 5.75 Å². The zero-order chi connectivity index (χ0) is 19.7. The lowest BCUT2D eigenvalue weighted by atomic mass is 10.1. The van der Waals surface area contributed by atoms with Gasteiger partial charge in [-0.05, 0) is 43.7 Å². The topological polar surface area (TPSA) is 80.5 Å². The molecule has 0 spiro atoms. The Morgan fingerprint density at radius 1 is 1.11 bits per heavy atom. The molecular weight excluding hydrogens is 354 g/mol. The first-order chi connectivity index (χ1) is 13.5.